The minimum Gasteiger partial charge on any atom is -0.481 e. The molecule has 0 aliphatic rings. The minimum absolute atomic E-state index is 0.161. The van der Waals surface area contributed by atoms with E-state index in [1.54, 1.807) is 31.2 Å². The average molecular weight is 227 g/mol. The second-order valence-electron chi connectivity index (χ2n) is 3.21. The third-order valence-electron chi connectivity index (χ3n) is 1.99. The molecule has 0 bridgehead atoms. The molecule has 0 heterocycles. The lowest BCUT2D eigenvalue weighted by atomic mass is 10.00. The van der Waals surface area contributed by atoms with Crippen molar-refractivity contribution in [1.82, 2.24) is 0 Å². The number of hydrogen-bond acceptors (Lipinski definition) is 2. The molecule has 1 atom stereocenters. The van der Waals surface area contributed by atoms with Crippen LogP contribution in [0.3, 0.4) is 0 Å². The van der Waals surface area contributed by atoms with Crippen molar-refractivity contribution >= 4 is 23.4 Å². The summed E-state index contributed by atoms with van der Waals surface area (Å²) < 4.78 is 0. The number of halogens is 1. The largest absolute Gasteiger partial charge is 0.481 e. The number of rotatable bonds is 4. The number of ketones is 1. The molecule has 1 rings (SSSR count). The SMILES string of the molecule is CC(Cl)C(=O)c1ccccc1CC(=O)O. The van der Waals surface area contributed by atoms with Crippen LogP contribution in [-0.2, 0) is 11.2 Å². The lowest BCUT2D eigenvalue weighted by Gasteiger charge is -2.07. The van der Waals surface area contributed by atoms with Crippen LogP contribution in [0.5, 0.6) is 0 Å². The van der Waals surface area contributed by atoms with Gasteiger partial charge < -0.3 is 5.11 Å². The Labute approximate surface area is 92.7 Å². The Morgan fingerprint density at radius 3 is 2.53 bits per heavy atom. The molecular formula is C11H11ClO3. The first-order valence-corrected chi connectivity index (χ1v) is 4.94. The third kappa shape index (κ3) is 3.06. The highest BCUT2D eigenvalue weighted by atomic mass is 35.5. The van der Waals surface area contributed by atoms with E-state index in [-0.39, 0.29) is 12.2 Å². The van der Waals surface area contributed by atoms with E-state index in [2.05, 4.69) is 0 Å². The molecule has 0 spiro atoms. The maximum absolute atomic E-state index is 11.6. The van der Waals surface area contributed by atoms with Gasteiger partial charge in [-0.25, -0.2) is 0 Å². The number of aliphatic carboxylic acids is 1. The Bertz CT molecular complexity index is 385. The first-order chi connectivity index (χ1) is 7.02. The molecule has 1 unspecified atom stereocenters. The Morgan fingerprint density at radius 2 is 2.00 bits per heavy atom. The third-order valence-corrected chi connectivity index (χ3v) is 2.18. The number of hydrogen-bond donors (Lipinski definition) is 1. The van der Waals surface area contributed by atoms with Gasteiger partial charge in [-0.15, -0.1) is 11.6 Å². The molecule has 15 heavy (non-hydrogen) atoms. The van der Waals surface area contributed by atoms with E-state index in [1.807, 2.05) is 0 Å². The summed E-state index contributed by atoms with van der Waals surface area (Å²) in [5.74, 6) is -1.20. The van der Waals surface area contributed by atoms with Gasteiger partial charge in [0.25, 0.3) is 0 Å². The second-order valence-corrected chi connectivity index (χ2v) is 3.86. The highest BCUT2D eigenvalue weighted by molar-refractivity contribution is 6.33. The summed E-state index contributed by atoms with van der Waals surface area (Å²) in [7, 11) is 0. The highest BCUT2D eigenvalue weighted by Gasteiger charge is 2.16. The van der Waals surface area contributed by atoms with Crippen LogP contribution in [0, 0.1) is 0 Å². The topological polar surface area (TPSA) is 54.4 Å². The summed E-state index contributed by atoms with van der Waals surface area (Å²) in [6, 6.07) is 6.62. The van der Waals surface area contributed by atoms with Crippen molar-refractivity contribution in [2.24, 2.45) is 0 Å². The summed E-state index contributed by atoms with van der Waals surface area (Å²) in [5.41, 5.74) is 0.893. The zero-order chi connectivity index (χ0) is 11.4. The number of carbonyl (C=O) groups is 2. The van der Waals surface area contributed by atoms with E-state index in [4.69, 9.17) is 16.7 Å². The fourth-order valence-corrected chi connectivity index (χ4v) is 1.41. The summed E-state index contributed by atoms with van der Waals surface area (Å²) >= 11 is 5.67. The van der Waals surface area contributed by atoms with Gasteiger partial charge in [0.2, 0.25) is 0 Å². The van der Waals surface area contributed by atoms with Gasteiger partial charge in [-0.05, 0) is 12.5 Å². The first-order valence-electron chi connectivity index (χ1n) is 4.50. The van der Waals surface area contributed by atoms with Crippen molar-refractivity contribution in [3.63, 3.8) is 0 Å². The van der Waals surface area contributed by atoms with Crippen molar-refractivity contribution in [1.29, 1.82) is 0 Å². The Morgan fingerprint density at radius 1 is 1.40 bits per heavy atom. The van der Waals surface area contributed by atoms with Gasteiger partial charge in [-0.1, -0.05) is 24.3 Å². The predicted molar refractivity (Wildman–Crippen MR) is 57.4 cm³/mol. The maximum atomic E-state index is 11.6. The number of carboxylic acids is 1. The molecule has 0 aliphatic heterocycles. The Hall–Kier alpha value is -1.35. The molecule has 0 aliphatic carbocycles. The van der Waals surface area contributed by atoms with Crippen LogP contribution in [0.2, 0.25) is 0 Å². The van der Waals surface area contributed by atoms with Gasteiger partial charge in [0.15, 0.2) is 5.78 Å². The number of benzene rings is 1. The molecule has 0 radical (unpaired) electrons. The van der Waals surface area contributed by atoms with Gasteiger partial charge in [-0.3, -0.25) is 9.59 Å². The van der Waals surface area contributed by atoms with Crippen LogP contribution < -0.4 is 0 Å². The minimum atomic E-state index is -0.961. The maximum Gasteiger partial charge on any atom is 0.307 e. The van der Waals surface area contributed by atoms with Gasteiger partial charge in [-0.2, -0.15) is 0 Å². The lowest BCUT2D eigenvalue weighted by Crippen LogP contribution is -2.14. The fourth-order valence-electron chi connectivity index (χ4n) is 1.29. The van der Waals surface area contributed by atoms with E-state index in [0.29, 0.717) is 11.1 Å². The van der Waals surface area contributed by atoms with Crippen LogP contribution in [0.4, 0.5) is 0 Å². The molecule has 80 valence electrons. The number of alkyl halides is 1. The molecule has 4 heteroatoms. The Kier molecular flexibility index (Phi) is 3.86. The van der Waals surface area contributed by atoms with Crippen LogP contribution in [0.15, 0.2) is 24.3 Å². The van der Waals surface area contributed by atoms with Crippen LogP contribution in [0.25, 0.3) is 0 Å². The van der Waals surface area contributed by atoms with E-state index in [0.717, 1.165) is 0 Å². The summed E-state index contributed by atoms with van der Waals surface area (Å²) in [5, 5.41) is 8.03. The number of carbonyl (C=O) groups excluding carboxylic acids is 1. The van der Waals surface area contributed by atoms with Crippen molar-refractivity contribution in [3.05, 3.63) is 35.4 Å². The van der Waals surface area contributed by atoms with Crippen molar-refractivity contribution in [2.45, 2.75) is 18.7 Å². The molecule has 1 N–H and O–H groups in total. The van der Waals surface area contributed by atoms with Gasteiger partial charge in [0.05, 0.1) is 11.8 Å². The normalized spacial score (nSPS) is 12.1. The average Bonchev–Trinajstić information content (AvgIpc) is 2.16. The van der Waals surface area contributed by atoms with Crippen LogP contribution >= 0.6 is 11.6 Å². The van der Waals surface area contributed by atoms with Gasteiger partial charge in [0, 0.05) is 5.56 Å². The Balaban J connectivity index is 3.06. The first kappa shape index (κ1) is 11.7. The van der Waals surface area contributed by atoms with Crippen LogP contribution in [0.1, 0.15) is 22.8 Å². The van der Waals surface area contributed by atoms with Crippen LogP contribution in [-0.4, -0.2) is 22.2 Å². The molecule has 0 saturated carbocycles. The molecule has 0 amide bonds. The zero-order valence-corrected chi connectivity index (χ0v) is 8.99. The highest BCUT2D eigenvalue weighted by Crippen LogP contribution is 2.14. The molecule has 0 fully saturated rings. The number of Topliss-reactive ketones (excluding diaryl/α,β-unsaturated/α-hetero) is 1. The molecule has 3 nitrogen and oxygen atoms in total. The molecule has 1 aromatic rings. The smallest absolute Gasteiger partial charge is 0.307 e. The van der Waals surface area contributed by atoms with Gasteiger partial charge in [0.1, 0.15) is 0 Å². The predicted octanol–water partition coefficient (Wildman–Crippen LogP) is 2.12. The van der Waals surface area contributed by atoms with Crippen molar-refractivity contribution in [2.75, 3.05) is 0 Å². The summed E-state index contributed by atoms with van der Waals surface area (Å²) in [4.78, 5) is 22.2. The van der Waals surface area contributed by atoms with E-state index in [1.165, 1.54) is 0 Å². The monoisotopic (exact) mass is 226 g/mol. The molecular weight excluding hydrogens is 216 g/mol. The quantitative estimate of drug-likeness (QED) is 0.632. The molecule has 0 saturated heterocycles. The van der Waals surface area contributed by atoms with E-state index in [9.17, 15) is 9.59 Å². The van der Waals surface area contributed by atoms with Crippen molar-refractivity contribution in [3.8, 4) is 0 Å². The molecule has 1 aromatic carbocycles. The molecule has 0 aromatic heterocycles. The second kappa shape index (κ2) is 4.94. The zero-order valence-electron chi connectivity index (χ0n) is 8.24. The van der Waals surface area contributed by atoms with E-state index < -0.39 is 11.3 Å². The van der Waals surface area contributed by atoms with Gasteiger partial charge >= 0.3 is 5.97 Å². The lowest BCUT2D eigenvalue weighted by molar-refractivity contribution is -0.136. The van der Waals surface area contributed by atoms with Crippen molar-refractivity contribution < 1.29 is 14.7 Å². The summed E-state index contributed by atoms with van der Waals surface area (Å²) in [6.07, 6.45) is -0.161. The standard InChI is InChI=1S/C11H11ClO3/c1-7(12)11(15)9-5-3-2-4-8(9)6-10(13)14/h2-5,7H,6H2,1H3,(H,13,14). The fraction of sp³-hybridized carbons (Fsp3) is 0.273. The summed E-state index contributed by atoms with van der Waals surface area (Å²) in [6.45, 7) is 1.57. The van der Waals surface area contributed by atoms with E-state index >= 15 is 0 Å². The number of carboxylic acid groups (broad SMARTS) is 1.